The van der Waals surface area contributed by atoms with Gasteiger partial charge in [-0.3, -0.25) is 0 Å². The fourth-order valence-corrected chi connectivity index (χ4v) is 2.46. The molecule has 0 amide bonds. The molecule has 3 rings (SSSR count). The van der Waals surface area contributed by atoms with Crippen molar-refractivity contribution in [3.8, 4) is 5.82 Å². The van der Waals surface area contributed by atoms with Crippen molar-refractivity contribution in [1.82, 2.24) is 4.98 Å². The predicted octanol–water partition coefficient (Wildman–Crippen LogP) is 4.00. The van der Waals surface area contributed by atoms with E-state index in [4.69, 9.17) is 0 Å². The smallest absolute Gasteiger partial charge is 0.371 e. The molecular weight excluding hydrogens is 303 g/mol. The summed E-state index contributed by atoms with van der Waals surface area (Å²) >= 11 is 0. The number of pyridine rings is 2. The molecule has 0 radical (unpaired) electrons. The third-order valence-corrected chi connectivity index (χ3v) is 3.62. The second kappa shape index (κ2) is 7.44. The van der Waals surface area contributed by atoms with Crippen molar-refractivity contribution in [1.29, 1.82) is 0 Å². The Hall–Kier alpha value is -2.11. The fourth-order valence-electron chi connectivity index (χ4n) is 2.46. The Labute approximate surface area is 134 Å². The summed E-state index contributed by atoms with van der Waals surface area (Å²) in [6.45, 7) is 6.12. The highest BCUT2D eigenvalue weighted by Gasteiger charge is 2.32. The monoisotopic (exact) mass is 324 g/mol. The Balaban J connectivity index is 0.000000924. The SMILES string of the molecule is CC.FC(F)(F)c1ccc(-[n+]2ccc(N3CCCC3)cc2)nc1. The van der Waals surface area contributed by atoms with E-state index in [1.165, 1.54) is 18.9 Å². The first-order valence-electron chi connectivity index (χ1n) is 7.84. The number of aromatic nitrogens is 2. The molecule has 2 aromatic rings. The molecule has 2 aromatic heterocycles. The number of rotatable bonds is 2. The summed E-state index contributed by atoms with van der Waals surface area (Å²) in [6, 6.07) is 6.34. The van der Waals surface area contributed by atoms with Crippen LogP contribution in [0.25, 0.3) is 5.82 Å². The van der Waals surface area contributed by atoms with Crippen molar-refractivity contribution in [2.75, 3.05) is 18.0 Å². The Morgan fingerprint density at radius 2 is 1.61 bits per heavy atom. The molecule has 3 heterocycles. The number of hydrogen-bond acceptors (Lipinski definition) is 2. The van der Waals surface area contributed by atoms with Crippen molar-refractivity contribution in [2.24, 2.45) is 0 Å². The lowest BCUT2D eigenvalue weighted by Gasteiger charge is -2.16. The molecule has 0 spiro atoms. The van der Waals surface area contributed by atoms with E-state index in [0.29, 0.717) is 5.82 Å². The van der Waals surface area contributed by atoms with Crippen LogP contribution < -0.4 is 9.47 Å². The fraction of sp³-hybridized carbons (Fsp3) is 0.412. The number of alkyl halides is 3. The van der Waals surface area contributed by atoms with Gasteiger partial charge in [0.05, 0.1) is 18.0 Å². The van der Waals surface area contributed by atoms with E-state index < -0.39 is 11.7 Å². The summed E-state index contributed by atoms with van der Waals surface area (Å²) in [7, 11) is 0. The highest BCUT2D eigenvalue weighted by molar-refractivity contribution is 5.44. The summed E-state index contributed by atoms with van der Waals surface area (Å²) < 4.78 is 39.2. The molecule has 0 atom stereocenters. The zero-order chi connectivity index (χ0) is 16.9. The lowest BCUT2D eigenvalue weighted by Crippen LogP contribution is -2.31. The first kappa shape index (κ1) is 17.2. The Morgan fingerprint density at radius 1 is 1.00 bits per heavy atom. The maximum atomic E-state index is 12.5. The van der Waals surface area contributed by atoms with Crippen molar-refractivity contribution in [3.05, 3.63) is 48.4 Å². The van der Waals surface area contributed by atoms with Crippen LogP contribution in [0.15, 0.2) is 42.9 Å². The van der Waals surface area contributed by atoms with Gasteiger partial charge in [-0.1, -0.05) is 13.8 Å². The minimum absolute atomic E-state index is 0.468. The predicted molar refractivity (Wildman–Crippen MR) is 83.6 cm³/mol. The molecule has 0 unspecified atom stereocenters. The van der Waals surface area contributed by atoms with Crippen molar-refractivity contribution in [3.63, 3.8) is 0 Å². The third kappa shape index (κ3) is 4.21. The van der Waals surface area contributed by atoms with E-state index in [-0.39, 0.29) is 0 Å². The molecule has 0 aliphatic carbocycles. The standard InChI is InChI=1S/C15H15F3N3.C2H6/c16-15(17,18)12-3-4-14(19-11-12)21-9-5-13(6-10-21)20-7-1-2-8-20;1-2/h3-6,9-11H,1-2,7-8H2;1-2H3/q+1;. The lowest BCUT2D eigenvalue weighted by molar-refractivity contribution is -0.599. The van der Waals surface area contributed by atoms with Gasteiger partial charge in [0.2, 0.25) is 0 Å². The molecule has 23 heavy (non-hydrogen) atoms. The molecule has 124 valence electrons. The van der Waals surface area contributed by atoms with E-state index in [2.05, 4.69) is 9.88 Å². The van der Waals surface area contributed by atoms with Gasteiger partial charge in [0.1, 0.15) is 0 Å². The van der Waals surface area contributed by atoms with Crippen LogP contribution in [-0.2, 0) is 6.18 Å². The second-order valence-electron chi connectivity index (χ2n) is 5.06. The quantitative estimate of drug-likeness (QED) is 0.778. The highest BCUT2D eigenvalue weighted by Crippen LogP contribution is 2.28. The molecule has 0 bridgehead atoms. The Morgan fingerprint density at radius 3 is 2.09 bits per heavy atom. The normalized spacial score (nSPS) is 14.4. The zero-order valence-corrected chi connectivity index (χ0v) is 13.3. The highest BCUT2D eigenvalue weighted by atomic mass is 19.4. The van der Waals surface area contributed by atoms with E-state index in [0.717, 1.165) is 31.0 Å². The molecule has 0 aromatic carbocycles. The topological polar surface area (TPSA) is 20.0 Å². The Kier molecular flexibility index (Phi) is 5.58. The average Bonchev–Trinajstić information content (AvgIpc) is 3.11. The van der Waals surface area contributed by atoms with Gasteiger partial charge in [-0.15, -0.1) is 0 Å². The summed E-state index contributed by atoms with van der Waals surface area (Å²) in [5.41, 5.74) is 0.399. The first-order chi connectivity index (χ1) is 11.0. The van der Waals surface area contributed by atoms with E-state index in [9.17, 15) is 13.2 Å². The minimum Gasteiger partial charge on any atom is -0.371 e. The molecule has 3 nitrogen and oxygen atoms in total. The molecule has 0 saturated carbocycles. The van der Waals surface area contributed by atoms with Gasteiger partial charge in [-0.05, 0) is 23.9 Å². The summed E-state index contributed by atoms with van der Waals surface area (Å²) in [4.78, 5) is 6.17. The molecule has 1 aliphatic rings. The van der Waals surface area contributed by atoms with E-state index >= 15 is 0 Å². The van der Waals surface area contributed by atoms with Crippen LogP contribution in [0.4, 0.5) is 18.9 Å². The number of nitrogens with zero attached hydrogens (tertiary/aromatic N) is 3. The minimum atomic E-state index is -4.35. The molecular formula is C17H21F3N3+. The molecule has 1 fully saturated rings. The van der Waals surface area contributed by atoms with Gasteiger partial charge in [-0.2, -0.15) is 13.2 Å². The first-order valence-corrected chi connectivity index (χ1v) is 7.84. The summed E-state index contributed by atoms with van der Waals surface area (Å²) in [5.74, 6) is 0.468. The van der Waals surface area contributed by atoms with Crippen LogP contribution in [-0.4, -0.2) is 18.1 Å². The van der Waals surface area contributed by atoms with Crippen LogP contribution in [0.2, 0.25) is 0 Å². The number of hydrogen-bond donors (Lipinski definition) is 0. The van der Waals surface area contributed by atoms with Gasteiger partial charge < -0.3 is 4.90 Å². The zero-order valence-electron chi connectivity index (χ0n) is 13.3. The van der Waals surface area contributed by atoms with Crippen molar-refractivity contribution >= 4 is 5.69 Å². The van der Waals surface area contributed by atoms with Crippen LogP contribution >= 0.6 is 0 Å². The maximum absolute atomic E-state index is 12.5. The van der Waals surface area contributed by atoms with Crippen LogP contribution in [0.3, 0.4) is 0 Å². The van der Waals surface area contributed by atoms with E-state index in [1.54, 1.807) is 4.57 Å². The van der Waals surface area contributed by atoms with Crippen LogP contribution in [0.1, 0.15) is 32.3 Å². The number of anilines is 1. The lowest BCUT2D eigenvalue weighted by atomic mass is 10.3. The summed E-state index contributed by atoms with van der Waals surface area (Å²) in [6.07, 6.45) is 2.56. The van der Waals surface area contributed by atoms with Gasteiger partial charge in [0, 0.05) is 37.0 Å². The van der Waals surface area contributed by atoms with Gasteiger partial charge >= 0.3 is 12.0 Å². The average molecular weight is 324 g/mol. The van der Waals surface area contributed by atoms with Crippen molar-refractivity contribution in [2.45, 2.75) is 32.9 Å². The second-order valence-corrected chi connectivity index (χ2v) is 5.06. The van der Waals surface area contributed by atoms with E-state index in [1.807, 2.05) is 38.4 Å². The Bertz CT molecular complexity index is 600. The maximum Gasteiger partial charge on any atom is 0.420 e. The van der Waals surface area contributed by atoms with Crippen LogP contribution in [0, 0.1) is 0 Å². The van der Waals surface area contributed by atoms with Crippen molar-refractivity contribution < 1.29 is 17.7 Å². The molecule has 1 saturated heterocycles. The van der Waals surface area contributed by atoms with Gasteiger partial charge in [0.15, 0.2) is 6.20 Å². The molecule has 6 heteroatoms. The van der Waals surface area contributed by atoms with Crippen LogP contribution in [0.5, 0.6) is 0 Å². The summed E-state index contributed by atoms with van der Waals surface area (Å²) in [5, 5.41) is 0. The van der Waals surface area contributed by atoms with Gasteiger partial charge in [0.25, 0.3) is 0 Å². The molecule has 1 aliphatic heterocycles. The van der Waals surface area contributed by atoms with Gasteiger partial charge in [-0.25, -0.2) is 4.57 Å². The third-order valence-electron chi connectivity index (χ3n) is 3.62. The molecule has 0 N–H and O–H groups in total. The largest absolute Gasteiger partial charge is 0.420 e. The number of halogens is 3.